The molecule has 4 heteroatoms. The molecule has 3 nitrogen and oxygen atoms in total. The molecule has 0 saturated carbocycles. The van der Waals surface area contributed by atoms with E-state index in [0.29, 0.717) is 0 Å². The van der Waals surface area contributed by atoms with Gasteiger partial charge in [0, 0.05) is 44.3 Å². The summed E-state index contributed by atoms with van der Waals surface area (Å²) in [5.74, 6) is -0.167. The van der Waals surface area contributed by atoms with Crippen molar-refractivity contribution in [2.24, 2.45) is 0 Å². The van der Waals surface area contributed by atoms with Crippen LogP contribution < -0.4 is 5.32 Å². The highest BCUT2D eigenvalue weighted by Gasteiger charge is 2.29. The van der Waals surface area contributed by atoms with Crippen LogP contribution in [-0.4, -0.2) is 55.1 Å². The Balaban J connectivity index is 1.89. The van der Waals surface area contributed by atoms with Gasteiger partial charge in [-0.25, -0.2) is 4.39 Å². The molecule has 21 heavy (non-hydrogen) atoms. The molecule has 0 bridgehead atoms. The van der Waals surface area contributed by atoms with Crippen molar-refractivity contribution in [2.45, 2.75) is 32.4 Å². The second-order valence-electron chi connectivity index (χ2n) is 6.76. The van der Waals surface area contributed by atoms with Crippen LogP contribution in [0.1, 0.15) is 32.4 Å². The minimum atomic E-state index is -0.167. The summed E-state index contributed by atoms with van der Waals surface area (Å²) >= 11 is 0. The quantitative estimate of drug-likeness (QED) is 0.900. The van der Waals surface area contributed by atoms with Crippen molar-refractivity contribution < 1.29 is 4.39 Å². The smallest absolute Gasteiger partial charge is 0.123 e. The van der Waals surface area contributed by atoms with Gasteiger partial charge < -0.3 is 10.2 Å². The SMILES string of the molecule is CC(NCC(C)(C)N1CCN(C)CC1)c1cccc(F)c1. The summed E-state index contributed by atoms with van der Waals surface area (Å²) in [5, 5.41) is 3.55. The van der Waals surface area contributed by atoms with Crippen LogP contribution >= 0.6 is 0 Å². The van der Waals surface area contributed by atoms with Gasteiger partial charge in [-0.05, 0) is 45.5 Å². The van der Waals surface area contributed by atoms with Crippen molar-refractivity contribution in [3.8, 4) is 0 Å². The van der Waals surface area contributed by atoms with Crippen LogP contribution in [0, 0.1) is 5.82 Å². The summed E-state index contributed by atoms with van der Waals surface area (Å²) in [4.78, 5) is 4.91. The molecule has 0 aliphatic carbocycles. The van der Waals surface area contributed by atoms with E-state index in [-0.39, 0.29) is 17.4 Å². The number of hydrogen-bond acceptors (Lipinski definition) is 3. The van der Waals surface area contributed by atoms with Gasteiger partial charge in [-0.2, -0.15) is 0 Å². The lowest BCUT2D eigenvalue weighted by atomic mass is 10.00. The highest BCUT2D eigenvalue weighted by Crippen LogP contribution is 2.19. The highest BCUT2D eigenvalue weighted by atomic mass is 19.1. The van der Waals surface area contributed by atoms with Crippen LogP contribution in [-0.2, 0) is 0 Å². The average Bonchev–Trinajstić information content (AvgIpc) is 2.45. The lowest BCUT2D eigenvalue weighted by Gasteiger charge is -2.43. The first-order valence-electron chi connectivity index (χ1n) is 7.81. The van der Waals surface area contributed by atoms with E-state index < -0.39 is 0 Å². The summed E-state index contributed by atoms with van der Waals surface area (Å²) in [5.41, 5.74) is 1.12. The minimum absolute atomic E-state index is 0.114. The van der Waals surface area contributed by atoms with Gasteiger partial charge in [0.1, 0.15) is 5.82 Å². The Hall–Kier alpha value is -0.970. The highest BCUT2D eigenvalue weighted by molar-refractivity contribution is 5.19. The normalized spacial score (nSPS) is 19.7. The zero-order valence-electron chi connectivity index (χ0n) is 13.7. The molecule has 118 valence electrons. The maximum Gasteiger partial charge on any atom is 0.123 e. The number of hydrogen-bond donors (Lipinski definition) is 1. The molecule has 1 heterocycles. The third-order valence-electron chi connectivity index (χ3n) is 4.55. The van der Waals surface area contributed by atoms with E-state index >= 15 is 0 Å². The molecule has 1 aromatic rings. The standard InChI is InChI=1S/C17H28FN3/c1-14(15-6-5-7-16(18)12-15)19-13-17(2,3)21-10-8-20(4)9-11-21/h5-7,12,14,19H,8-11,13H2,1-4H3. The molecular formula is C17H28FN3. The molecule has 1 aliphatic heterocycles. The molecule has 0 spiro atoms. The van der Waals surface area contributed by atoms with Crippen LogP contribution in [0.25, 0.3) is 0 Å². The molecule has 2 rings (SSSR count). The number of likely N-dealkylation sites (N-methyl/N-ethyl adjacent to an activating group) is 1. The molecule has 1 fully saturated rings. The first-order chi connectivity index (χ1) is 9.88. The van der Waals surface area contributed by atoms with Crippen LogP contribution in [0.15, 0.2) is 24.3 Å². The molecule has 1 unspecified atom stereocenters. The van der Waals surface area contributed by atoms with Crippen LogP contribution in [0.4, 0.5) is 4.39 Å². The Labute approximate surface area is 128 Å². The predicted octanol–water partition coefficient (Wildman–Crippen LogP) is 2.50. The summed E-state index contributed by atoms with van der Waals surface area (Å²) in [6, 6.07) is 7.01. The van der Waals surface area contributed by atoms with E-state index in [9.17, 15) is 4.39 Å². The van der Waals surface area contributed by atoms with Gasteiger partial charge in [-0.15, -0.1) is 0 Å². The van der Waals surface area contributed by atoms with Crippen LogP contribution in [0.3, 0.4) is 0 Å². The lowest BCUT2D eigenvalue weighted by molar-refractivity contribution is 0.0605. The third-order valence-corrected chi connectivity index (χ3v) is 4.55. The van der Waals surface area contributed by atoms with Crippen molar-refractivity contribution in [1.82, 2.24) is 15.1 Å². The molecular weight excluding hydrogens is 265 g/mol. The van der Waals surface area contributed by atoms with E-state index in [0.717, 1.165) is 38.3 Å². The molecule has 0 radical (unpaired) electrons. The summed E-state index contributed by atoms with van der Waals surface area (Å²) in [6.07, 6.45) is 0. The second kappa shape index (κ2) is 6.86. The Morgan fingerprint density at radius 1 is 1.24 bits per heavy atom. The number of rotatable bonds is 5. The molecule has 1 saturated heterocycles. The van der Waals surface area contributed by atoms with Crippen molar-refractivity contribution in [2.75, 3.05) is 39.8 Å². The number of halogens is 1. The topological polar surface area (TPSA) is 18.5 Å². The first kappa shape index (κ1) is 16.4. The number of nitrogens with zero attached hydrogens (tertiary/aromatic N) is 2. The van der Waals surface area contributed by atoms with Crippen LogP contribution in [0.5, 0.6) is 0 Å². The number of nitrogens with one attached hydrogen (secondary N) is 1. The van der Waals surface area contributed by atoms with Crippen molar-refractivity contribution in [3.05, 3.63) is 35.6 Å². The Bertz CT molecular complexity index is 453. The van der Waals surface area contributed by atoms with Gasteiger partial charge in [0.15, 0.2) is 0 Å². The van der Waals surface area contributed by atoms with Gasteiger partial charge in [0.2, 0.25) is 0 Å². The van der Waals surface area contributed by atoms with Gasteiger partial charge >= 0.3 is 0 Å². The van der Waals surface area contributed by atoms with Gasteiger partial charge in [0.25, 0.3) is 0 Å². The fourth-order valence-corrected chi connectivity index (χ4v) is 2.82. The maximum atomic E-state index is 13.3. The van der Waals surface area contributed by atoms with Crippen molar-refractivity contribution in [3.63, 3.8) is 0 Å². The average molecular weight is 293 g/mol. The van der Waals surface area contributed by atoms with E-state index in [1.807, 2.05) is 6.07 Å². The molecule has 1 aliphatic rings. The fourth-order valence-electron chi connectivity index (χ4n) is 2.82. The summed E-state index contributed by atoms with van der Waals surface area (Å²) in [6.45, 7) is 12.0. The Morgan fingerprint density at radius 2 is 1.90 bits per heavy atom. The predicted molar refractivity (Wildman–Crippen MR) is 86.0 cm³/mol. The first-order valence-corrected chi connectivity index (χ1v) is 7.81. The molecule has 1 N–H and O–H groups in total. The zero-order chi connectivity index (χ0) is 15.5. The van der Waals surface area contributed by atoms with Crippen molar-refractivity contribution in [1.29, 1.82) is 0 Å². The van der Waals surface area contributed by atoms with Gasteiger partial charge in [0.05, 0.1) is 0 Å². The Kier molecular flexibility index (Phi) is 5.36. The van der Waals surface area contributed by atoms with E-state index in [1.165, 1.54) is 6.07 Å². The molecule has 0 amide bonds. The van der Waals surface area contributed by atoms with E-state index in [4.69, 9.17) is 0 Å². The summed E-state index contributed by atoms with van der Waals surface area (Å²) < 4.78 is 13.3. The molecule has 0 aromatic heterocycles. The van der Waals surface area contributed by atoms with Crippen LogP contribution in [0.2, 0.25) is 0 Å². The number of benzene rings is 1. The minimum Gasteiger partial charge on any atom is -0.308 e. The lowest BCUT2D eigenvalue weighted by Crippen LogP contribution is -2.57. The van der Waals surface area contributed by atoms with Gasteiger partial charge in [-0.3, -0.25) is 4.90 Å². The monoisotopic (exact) mass is 293 g/mol. The number of piperazine rings is 1. The van der Waals surface area contributed by atoms with E-state index in [1.54, 1.807) is 12.1 Å². The Morgan fingerprint density at radius 3 is 2.52 bits per heavy atom. The maximum absolute atomic E-state index is 13.3. The fraction of sp³-hybridized carbons (Fsp3) is 0.647. The van der Waals surface area contributed by atoms with Gasteiger partial charge in [-0.1, -0.05) is 12.1 Å². The third kappa shape index (κ3) is 4.50. The molecule has 1 aromatic carbocycles. The second-order valence-corrected chi connectivity index (χ2v) is 6.76. The summed E-state index contributed by atoms with van der Waals surface area (Å²) in [7, 11) is 2.18. The zero-order valence-corrected chi connectivity index (χ0v) is 13.7. The largest absolute Gasteiger partial charge is 0.308 e. The van der Waals surface area contributed by atoms with E-state index in [2.05, 4.69) is 42.9 Å². The molecule has 1 atom stereocenters. The van der Waals surface area contributed by atoms with Crippen molar-refractivity contribution >= 4 is 0 Å².